The lowest BCUT2D eigenvalue weighted by atomic mass is 10.2. The van der Waals surface area contributed by atoms with Gasteiger partial charge >= 0.3 is 5.97 Å². The van der Waals surface area contributed by atoms with Crippen LogP contribution in [0.2, 0.25) is 0 Å². The Bertz CT molecular complexity index is 312. The van der Waals surface area contributed by atoms with Crippen LogP contribution in [0.15, 0.2) is 0 Å². The van der Waals surface area contributed by atoms with Crippen LogP contribution in [0.25, 0.3) is 0 Å². The molecule has 7 heteroatoms. The van der Waals surface area contributed by atoms with E-state index in [0.717, 1.165) is 7.11 Å². The Morgan fingerprint density at radius 2 is 2.00 bits per heavy atom. The third-order valence-corrected chi connectivity index (χ3v) is 3.31. The quantitative estimate of drug-likeness (QED) is 0.596. The van der Waals surface area contributed by atoms with Crippen molar-refractivity contribution in [3.8, 4) is 0 Å². The summed E-state index contributed by atoms with van der Waals surface area (Å²) in [5, 5.41) is 9.16. The van der Waals surface area contributed by atoms with Gasteiger partial charge in [-0.25, -0.2) is 17.9 Å². The second-order valence-corrected chi connectivity index (χ2v) is 5.82. The van der Waals surface area contributed by atoms with Crippen LogP contribution in [0.3, 0.4) is 0 Å². The first-order valence-electron chi connectivity index (χ1n) is 5.01. The molecular formula is C9H19NO5S. The fourth-order valence-corrected chi connectivity index (χ4v) is 2.23. The Labute approximate surface area is 96.0 Å². The van der Waals surface area contributed by atoms with E-state index in [1.54, 1.807) is 0 Å². The summed E-state index contributed by atoms with van der Waals surface area (Å²) in [6.45, 7) is 3.48. The van der Waals surface area contributed by atoms with E-state index in [9.17, 15) is 13.2 Å². The SMILES string of the molecule is COC(=O)C(O)CNS(=O)(=O)CCC(C)C. The highest BCUT2D eigenvalue weighted by Crippen LogP contribution is 2.01. The largest absolute Gasteiger partial charge is 0.467 e. The molecule has 0 radical (unpaired) electrons. The van der Waals surface area contributed by atoms with Gasteiger partial charge in [-0.05, 0) is 12.3 Å². The molecule has 0 spiro atoms. The van der Waals surface area contributed by atoms with Crippen molar-refractivity contribution in [2.75, 3.05) is 19.4 Å². The Balaban J connectivity index is 4.04. The van der Waals surface area contributed by atoms with Gasteiger partial charge in [0.05, 0.1) is 12.9 Å². The second-order valence-electron chi connectivity index (χ2n) is 3.89. The summed E-state index contributed by atoms with van der Waals surface area (Å²) in [5.74, 6) is -0.591. The zero-order valence-corrected chi connectivity index (χ0v) is 10.6. The Morgan fingerprint density at radius 3 is 2.44 bits per heavy atom. The third-order valence-electron chi connectivity index (χ3n) is 1.93. The van der Waals surface area contributed by atoms with Crippen molar-refractivity contribution in [3.05, 3.63) is 0 Å². The first kappa shape index (κ1) is 15.3. The number of ether oxygens (including phenoxy) is 1. The van der Waals surface area contributed by atoms with E-state index < -0.39 is 22.1 Å². The minimum atomic E-state index is -3.43. The van der Waals surface area contributed by atoms with E-state index in [1.165, 1.54) is 0 Å². The summed E-state index contributed by atoms with van der Waals surface area (Å²) in [6, 6.07) is 0. The van der Waals surface area contributed by atoms with Crippen LogP contribution in [0.5, 0.6) is 0 Å². The van der Waals surface area contributed by atoms with Gasteiger partial charge in [0, 0.05) is 6.54 Å². The number of nitrogens with one attached hydrogen (secondary N) is 1. The molecule has 0 aromatic carbocycles. The number of methoxy groups -OCH3 is 1. The number of aliphatic hydroxyl groups excluding tert-OH is 1. The van der Waals surface area contributed by atoms with Crippen molar-refractivity contribution < 1.29 is 23.1 Å². The zero-order chi connectivity index (χ0) is 12.8. The van der Waals surface area contributed by atoms with Crippen LogP contribution in [-0.4, -0.2) is 45.0 Å². The number of sulfonamides is 1. The van der Waals surface area contributed by atoms with Gasteiger partial charge in [0.1, 0.15) is 0 Å². The standard InChI is InChI=1S/C9H19NO5S/c1-7(2)4-5-16(13,14)10-6-8(11)9(12)15-3/h7-8,10-11H,4-6H2,1-3H3. The molecule has 1 atom stereocenters. The van der Waals surface area contributed by atoms with E-state index >= 15 is 0 Å². The number of esters is 1. The molecule has 0 aromatic heterocycles. The lowest BCUT2D eigenvalue weighted by Crippen LogP contribution is -2.38. The number of carbonyl (C=O) groups excluding carboxylic acids is 1. The molecule has 0 saturated heterocycles. The maximum Gasteiger partial charge on any atom is 0.336 e. The number of aliphatic hydroxyl groups is 1. The lowest BCUT2D eigenvalue weighted by molar-refractivity contribution is -0.149. The summed E-state index contributed by atoms with van der Waals surface area (Å²) in [6.07, 6.45) is -0.928. The predicted octanol–water partition coefficient (Wildman–Crippen LogP) is -0.514. The van der Waals surface area contributed by atoms with Gasteiger partial charge in [0.2, 0.25) is 10.0 Å². The molecule has 0 fully saturated rings. The van der Waals surface area contributed by atoms with Gasteiger partial charge in [-0.2, -0.15) is 0 Å². The van der Waals surface area contributed by atoms with Gasteiger partial charge in [-0.3, -0.25) is 0 Å². The van der Waals surface area contributed by atoms with Gasteiger partial charge < -0.3 is 9.84 Å². The molecule has 0 bridgehead atoms. The maximum atomic E-state index is 11.4. The molecule has 1 unspecified atom stereocenters. The highest BCUT2D eigenvalue weighted by Gasteiger charge is 2.19. The van der Waals surface area contributed by atoms with Gasteiger partial charge in [-0.15, -0.1) is 0 Å². The molecule has 0 rings (SSSR count). The van der Waals surface area contributed by atoms with E-state index in [4.69, 9.17) is 5.11 Å². The van der Waals surface area contributed by atoms with Crippen molar-refractivity contribution in [1.29, 1.82) is 0 Å². The van der Waals surface area contributed by atoms with Crippen molar-refractivity contribution in [3.63, 3.8) is 0 Å². The number of hydrogen-bond donors (Lipinski definition) is 2. The summed E-state index contributed by atoms with van der Waals surface area (Å²) in [7, 11) is -2.31. The van der Waals surface area contributed by atoms with E-state index in [0.29, 0.717) is 6.42 Å². The van der Waals surface area contributed by atoms with Gasteiger partial charge in [-0.1, -0.05) is 13.8 Å². The highest BCUT2D eigenvalue weighted by molar-refractivity contribution is 7.89. The number of hydrogen-bond acceptors (Lipinski definition) is 5. The van der Waals surface area contributed by atoms with E-state index in [1.807, 2.05) is 13.8 Å². The maximum absolute atomic E-state index is 11.4. The third kappa shape index (κ3) is 6.76. The molecule has 0 saturated carbocycles. The summed E-state index contributed by atoms with van der Waals surface area (Å²) in [4.78, 5) is 10.8. The lowest BCUT2D eigenvalue weighted by Gasteiger charge is -2.11. The van der Waals surface area contributed by atoms with Crippen molar-refractivity contribution in [2.24, 2.45) is 5.92 Å². The molecule has 0 aliphatic heterocycles. The molecule has 0 aliphatic rings. The van der Waals surface area contributed by atoms with Crippen LogP contribution in [-0.2, 0) is 19.6 Å². The first-order chi connectivity index (χ1) is 7.28. The van der Waals surface area contributed by atoms with Crippen molar-refractivity contribution >= 4 is 16.0 Å². The molecule has 0 aliphatic carbocycles. The minimum Gasteiger partial charge on any atom is -0.467 e. The fourth-order valence-electron chi connectivity index (χ4n) is 0.888. The second kappa shape index (κ2) is 6.82. The minimum absolute atomic E-state index is 0.0153. The van der Waals surface area contributed by atoms with Crippen molar-refractivity contribution in [2.45, 2.75) is 26.4 Å². The van der Waals surface area contributed by atoms with E-state index in [2.05, 4.69) is 9.46 Å². The molecule has 96 valence electrons. The fraction of sp³-hybridized carbons (Fsp3) is 0.889. The van der Waals surface area contributed by atoms with E-state index in [-0.39, 0.29) is 18.2 Å². The molecule has 0 amide bonds. The smallest absolute Gasteiger partial charge is 0.336 e. The molecule has 2 N–H and O–H groups in total. The summed E-state index contributed by atoms with van der Waals surface area (Å²) >= 11 is 0. The van der Waals surface area contributed by atoms with Crippen LogP contribution in [0.1, 0.15) is 20.3 Å². The average molecular weight is 253 g/mol. The average Bonchev–Trinajstić information content (AvgIpc) is 2.22. The van der Waals surface area contributed by atoms with Crippen molar-refractivity contribution in [1.82, 2.24) is 4.72 Å². The molecule has 0 heterocycles. The van der Waals surface area contributed by atoms with Crippen LogP contribution in [0, 0.1) is 5.92 Å². The van der Waals surface area contributed by atoms with Gasteiger partial charge in [0.15, 0.2) is 6.10 Å². The Hall–Kier alpha value is -0.660. The Morgan fingerprint density at radius 1 is 1.44 bits per heavy atom. The molecular weight excluding hydrogens is 234 g/mol. The van der Waals surface area contributed by atoms with Gasteiger partial charge in [0.25, 0.3) is 0 Å². The first-order valence-corrected chi connectivity index (χ1v) is 6.67. The highest BCUT2D eigenvalue weighted by atomic mass is 32.2. The molecule has 0 aromatic rings. The van der Waals surface area contributed by atoms with Crippen LogP contribution in [0.4, 0.5) is 0 Å². The Kier molecular flexibility index (Phi) is 6.54. The normalized spacial score (nSPS) is 13.8. The summed E-state index contributed by atoms with van der Waals surface area (Å²) in [5.41, 5.74) is 0. The monoisotopic (exact) mass is 253 g/mol. The summed E-state index contributed by atoms with van der Waals surface area (Å²) < 4.78 is 29.2. The van der Waals surface area contributed by atoms with Crippen LogP contribution >= 0.6 is 0 Å². The van der Waals surface area contributed by atoms with Crippen LogP contribution < -0.4 is 4.72 Å². The molecule has 6 nitrogen and oxygen atoms in total. The number of carbonyl (C=O) groups is 1. The number of rotatable bonds is 7. The zero-order valence-electron chi connectivity index (χ0n) is 9.76. The topological polar surface area (TPSA) is 92.7 Å². The predicted molar refractivity (Wildman–Crippen MR) is 59.3 cm³/mol. The molecule has 16 heavy (non-hydrogen) atoms.